The van der Waals surface area contributed by atoms with E-state index in [0.29, 0.717) is 39.3 Å². The predicted molar refractivity (Wildman–Crippen MR) is 241 cm³/mol. The van der Waals surface area contributed by atoms with Crippen molar-refractivity contribution in [1.82, 2.24) is 29.8 Å². The van der Waals surface area contributed by atoms with Crippen molar-refractivity contribution < 1.29 is 22.7 Å². The molecule has 2 fully saturated rings. The van der Waals surface area contributed by atoms with E-state index in [9.17, 15) is 18.0 Å². The summed E-state index contributed by atoms with van der Waals surface area (Å²) in [6, 6.07) is 30.4. The number of ether oxygens (including phenoxy) is 1. The lowest BCUT2D eigenvalue weighted by Gasteiger charge is -2.36. The highest BCUT2D eigenvalue weighted by Crippen LogP contribution is 2.42. The normalized spacial score (nSPS) is 15.2. The summed E-state index contributed by atoms with van der Waals surface area (Å²) in [6.07, 6.45) is 4.20. The molecule has 6 aromatic rings. The quantitative estimate of drug-likeness (QED) is 0.0453. The number of hydrogen-bond donors (Lipinski definition) is 4. The first-order chi connectivity index (χ1) is 29.6. The maximum Gasteiger partial charge on any atom is 0.446 e. The summed E-state index contributed by atoms with van der Waals surface area (Å²) in [5.41, 5.74) is 1.37. The summed E-state index contributed by atoms with van der Waals surface area (Å²) in [5, 5.41) is 8.08. The number of carbonyl (C=O) groups excluding carboxylic acids is 1. The Labute approximate surface area is 366 Å². The van der Waals surface area contributed by atoms with Gasteiger partial charge in [-0.3, -0.25) is 14.4 Å². The average molecular weight is 887 g/mol. The van der Waals surface area contributed by atoms with Gasteiger partial charge in [-0.25, -0.2) is 4.98 Å². The number of alkyl halides is 3. The molecule has 2 saturated heterocycles. The van der Waals surface area contributed by atoms with Crippen molar-refractivity contribution in [2.24, 2.45) is 0 Å². The topological polar surface area (TPSA) is 101 Å². The molecule has 0 saturated carbocycles. The van der Waals surface area contributed by atoms with Gasteiger partial charge in [-0.1, -0.05) is 48.0 Å². The summed E-state index contributed by atoms with van der Waals surface area (Å²) >= 11 is 6.95. The third-order valence-electron chi connectivity index (χ3n) is 10.7. The van der Waals surface area contributed by atoms with Crippen LogP contribution >= 0.6 is 35.3 Å². The first-order valence-electron chi connectivity index (χ1n) is 20.2. The zero-order valence-corrected chi connectivity index (χ0v) is 35.7. The molecule has 2 aliphatic heterocycles. The van der Waals surface area contributed by atoms with Gasteiger partial charge in [0.05, 0.1) is 11.8 Å². The molecule has 2 aliphatic rings. The van der Waals surface area contributed by atoms with Gasteiger partial charge in [-0.2, -0.15) is 13.2 Å². The number of hydrogen-bond acceptors (Lipinski definition) is 10. The van der Waals surface area contributed by atoms with Gasteiger partial charge in [0.1, 0.15) is 17.1 Å². The Bertz CT molecular complexity index is 2420. The highest BCUT2D eigenvalue weighted by atomic mass is 35.5. The number of aromatic amines is 1. The molecule has 0 radical (unpaired) electrons. The summed E-state index contributed by atoms with van der Waals surface area (Å²) in [5.74, 6) is 0.340. The Morgan fingerprint density at radius 3 is 2.49 bits per heavy atom. The summed E-state index contributed by atoms with van der Waals surface area (Å²) < 4.78 is 50.3. The molecule has 0 unspecified atom stereocenters. The molecule has 16 heteroatoms. The number of H-pyrrole nitrogens is 1. The van der Waals surface area contributed by atoms with Gasteiger partial charge in [-0.05, 0) is 108 Å². The highest BCUT2D eigenvalue weighted by Gasteiger charge is 2.31. The van der Waals surface area contributed by atoms with Gasteiger partial charge < -0.3 is 30.2 Å². The third-order valence-corrected chi connectivity index (χ3v) is 12.6. The Hall–Kier alpha value is -4.90. The van der Waals surface area contributed by atoms with Crippen molar-refractivity contribution in [1.29, 1.82) is 0 Å². The lowest BCUT2D eigenvalue weighted by molar-refractivity contribution is -0.0328. The molecule has 8 rings (SSSR count). The van der Waals surface area contributed by atoms with E-state index in [1.165, 1.54) is 17.2 Å². The summed E-state index contributed by atoms with van der Waals surface area (Å²) in [4.78, 5) is 29.0. The van der Waals surface area contributed by atoms with Gasteiger partial charge in [0.25, 0.3) is 5.91 Å². The Kier molecular flexibility index (Phi) is 13.9. The maximum atomic E-state index is 13.9. The van der Waals surface area contributed by atoms with E-state index >= 15 is 0 Å². The number of nitrogens with one attached hydrogen (secondary N) is 4. The number of aromatic nitrogens is 2. The number of carbonyl (C=O) groups is 1. The van der Waals surface area contributed by atoms with Crippen LogP contribution < -0.4 is 25.0 Å². The number of piperazine rings is 2. The first-order valence-corrected chi connectivity index (χ1v) is 22.2. The van der Waals surface area contributed by atoms with Crippen LogP contribution in [-0.4, -0.2) is 96.6 Å². The molecule has 4 N–H and O–H groups in total. The van der Waals surface area contributed by atoms with Crippen molar-refractivity contribution in [3.63, 3.8) is 0 Å². The number of thioether (sulfide) groups is 1. The Balaban J connectivity index is 0.949. The van der Waals surface area contributed by atoms with Crippen molar-refractivity contribution in [3.05, 3.63) is 126 Å². The molecule has 61 heavy (non-hydrogen) atoms. The number of nitrogens with zero attached hydrogens (tertiary/aromatic N) is 4. The average Bonchev–Trinajstić information content (AvgIpc) is 3.74. The van der Waals surface area contributed by atoms with E-state index in [4.69, 9.17) is 16.3 Å². The second-order valence-corrected chi connectivity index (χ2v) is 17.3. The van der Waals surface area contributed by atoms with Crippen LogP contribution in [0.4, 0.5) is 24.5 Å². The van der Waals surface area contributed by atoms with Crippen molar-refractivity contribution >= 4 is 63.6 Å². The molecule has 10 nitrogen and oxygen atoms in total. The number of rotatable bonds is 15. The highest BCUT2D eigenvalue weighted by molar-refractivity contribution is 8.00. The van der Waals surface area contributed by atoms with Crippen LogP contribution in [0, 0.1) is 0 Å². The molecule has 318 valence electrons. The van der Waals surface area contributed by atoms with Crippen LogP contribution in [0.3, 0.4) is 0 Å². The Morgan fingerprint density at radius 2 is 1.69 bits per heavy atom. The molecule has 4 heterocycles. The van der Waals surface area contributed by atoms with Crippen molar-refractivity contribution in [2.45, 2.75) is 28.3 Å². The number of benzene rings is 4. The first kappa shape index (κ1) is 42.8. The minimum atomic E-state index is -4.48. The van der Waals surface area contributed by atoms with E-state index < -0.39 is 11.4 Å². The molecule has 0 spiro atoms. The number of anilines is 2. The van der Waals surface area contributed by atoms with Crippen LogP contribution in [0.5, 0.6) is 11.5 Å². The molecule has 0 aliphatic carbocycles. The predicted octanol–water partition coefficient (Wildman–Crippen LogP) is 9.75. The second-order valence-electron chi connectivity index (χ2n) is 14.9. The van der Waals surface area contributed by atoms with Gasteiger partial charge in [0, 0.05) is 109 Å². The van der Waals surface area contributed by atoms with E-state index in [2.05, 4.69) is 64.3 Å². The fourth-order valence-corrected chi connectivity index (χ4v) is 9.12. The fraction of sp³-hybridized carbons (Fsp3) is 0.289. The SMILES string of the molecule is O=C(NSc1ccc(NCCCN2CCNCC2)c(SC(F)(F)F)c1)c1ccc(N2CCN(Cc3ccccc3-c3ccc(Cl)cc3)CC2)cc1Oc1cnc2[nH]ccc2c1. The lowest BCUT2D eigenvalue weighted by atomic mass is 9.99. The van der Waals surface area contributed by atoms with Crippen LogP contribution in [0.2, 0.25) is 5.02 Å². The largest absolute Gasteiger partial charge is 0.455 e. The van der Waals surface area contributed by atoms with E-state index in [0.717, 1.165) is 100 Å². The monoisotopic (exact) mass is 886 g/mol. The van der Waals surface area contributed by atoms with Crippen LogP contribution in [0.25, 0.3) is 22.2 Å². The van der Waals surface area contributed by atoms with E-state index in [-0.39, 0.29) is 22.2 Å². The summed E-state index contributed by atoms with van der Waals surface area (Å²) in [6.45, 7) is 9.22. The number of fused-ring (bicyclic) bond motifs is 1. The minimum Gasteiger partial charge on any atom is -0.455 e. The number of amides is 1. The van der Waals surface area contributed by atoms with Gasteiger partial charge in [-0.15, -0.1) is 0 Å². The zero-order chi connectivity index (χ0) is 42.2. The fourth-order valence-electron chi connectivity index (χ4n) is 7.60. The minimum absolute atomic E-state index is 0.0424. The molecule has 4 aromatic carbocycles. The van der Waals surface area contributed by atoms with Crippen molar-refractivity contribution in [2.75, 3.05) is 75.7 Å². The summed E-state index contributed by atoms with van der Waals surface area (Å²) in [7, 11) is 0. The standard InChI is InChI=1S/C45H46ClF3N8O2S2/c46-34-8-6-31(7-9-34)38-5-2-1-4-33(38)30-56-22-24-57(25-23-56)35-10-12-39(41(27-35)59-36-26-32-14-16-52-43(32)53-29-36)44(58)54-61-37-11-13-40(42(28-37)60-45(47,48)49)51-15-3-19-55-20-17-50-18-21-55/h1-2,4-14,16,26-29,50-51H,3,15,17-25,30H2,(H,52,53)(H,54,58). The molecule has 0 atom stereocenters. The molecule has 1 amide bonds. The van der Waals surface area contributed by atoms with E-state index in [1.807, 2.05) is 48.5 Å². The third kappa shape index (κ3) is 11.5. The van der Waals surface area contributed by atoms with Crippen LogP contribution in [0.15, 0.2) is 119 Å². The molecule has 2 aromatic heterocycles. The smallest absolute Gasteiger partial charge is 0.446 e. The number of pyridine rings is 1. The van der Waals surface area contributed by atoms with Crippen LogP contribution in [0.1, 0.15) is 22.3 Å². The van der Waals surface area contributed by atoms with Gasteiger partial charge >= 0.3 is 5.51 Å². The lowest BCUT2D eigenvalue weighted by Crippen LogP contribution is -2.46. The van der Waals surface area contributed by atoms with Gasteiger partial charge in [0.15, 0.2) is 0 Å². The molecular formula is C45H46ClF3N8O2S2. The second kappa shape index (κ2) is 19.9. The number of halogens is 4. The Morgan fingerprint density at radius 1 is 0.885 bits per heavy atom. The van der Waals surface area contributed by atoms with Gasteiger partial charge in [0.2, 0.25) is 0 Å². The van der Waals surface area contributed by atoms with Crippen LogP contribution in [-0.2, 0) is 6.54 Å². The molecular weight excluding hydrogens is 841 g/mol. The maximum absolute atomic E-state index is 13.9. The molecule has 0 bridgehead atoms. The zero-order valence-electron chi connectivity index (χ0n) is 33.3. The van der Waals surface area contributed by atoms with E-state index in [1.54, 1.807) is 30.6 Å². The van der Waals surface area contributed by atoms with Crippen molar-refractivity contribution in [3.8, 4) is 22.6 Å².